The maximum Gasteiger partial charge on any atom is 0.0406 e. The molecule has 2 rings (SSSR count). The summed E-state index contributed by atoms with van der Waals surface area (Å²) in [6.45, 7) is 3.47. The lowest BCUT2D eigenvalue weighted by Crippen LogP contribution is -2.20. The van der Waals surface area contributed by atoms with Crippen LogP contribution < -0.4 is 5.32 Å². The number of nitrogens with one attached hydrogen (secondary N) is 1. The number of rotatable bonds is 6. The molecule has 2 nitrogen and oxygen atoms in total. The topological polar surface area (TPSA) is 24.9 Å². The van der Waals surface area contributed by atoms with Gasteiger partial charge in [-0.2, -0.15) is 0 Å². The van der Waals surface area contributed by atoms with E-state index in [0.29, 0.717) is 0 Å². The average Bonchev–Trinajstić information content (AvgIpc) is 3.03. The molecule has 1 aromatic heterocycles. The second-order valence-corrected chi connectivity index (χ2v) is 4.65. The molecule has 1 atom stereocenters. The summed E-state index contributed by atoms with van der Waals surface area (Å²) in [6, 6.07) is 7.00. The Kier molecular flexibility index (Phi) is 3.73. The summed E-state index contributed by atoms with van der Waals surface area (Å²) in [5.74, 6) is 0.728. The molecule has 1 fully saturated rings. The molecule has 82 valence electrons. The largest absolute Gasteiger partial charge is 0.314 e. The summed E-state index contributed by atoms with van der Waals surface area (Å²) in [7, 11) is 0. The first-order valence-corrected chi connectivity index (χ1v) is 5.98. The molecular weight excluding hydrogens is 184 g/mol. The predicted molar refractivity (Wildman–Crippen MR) is 62.7 cm³/mol. The number of aromatic nitrogens is 1. The molecule has 0 spiro atoms. The van der Waals surface area contributed by atoms with Gasteiger partial charge in [-0.05, 0) is 50.3 Å². The Balaban J connectivity index is 1.65. The van der Waals surface area contributed by atoms with Crippen LogP contribution in [0, 0.1) is 5.92 Å². The van der Waals surface area contributed by atoms with E-state index < -0.39 is 0 Å². The van der Waals surface area contributed by atoms with Crippen molar-refractivity contribution in [3.63, 3.8) is 0 Å². The molecule has 1 heterocycles. The van der Waals surface area contributed by atoms with Gasteiger partial charge in [-0.3, -0.25) is 4.98 Å². The Morgan fingerprint density at radius 1 is 1.47 bits per heavy atom. The van der Waals surface area contributed by atoms with Gasteiger partial charge in [-0.25, -0.2) is 0 Å². The van der Waals surface area contributed by atoms with Crippen LogP contribution in [0.4, 0.5) is 0 Å². The molecule has 0 bridgehead atoms. The van der Waals surface area contributed by atoms with Crippen molar-refractivity contribution in [3.8, 4) is 0 Å². The van der Waals surface area contributed by atoms with Crippen molar-refractivity contribution in [2.75, 3.05) is 6.54 Å². The van der Waals surface area contributed by atoms with Crippen LogP contribution in [0.2, 0.25) is 0 Å². The van der Waals surface area contributed by atoms with Gasteiger partial charge in [0.1, 0.15) is 0 Å². The third-order valence-corrected chi connectivity index (χ3v) is 2.93. The third-order valence-electron chi connectivity index (χ3n) is 2.93. The van der Waals surface area contributed by atoms with Crippen LogP contribution in [0.3, 0.4) is 0 Å². The highest BCUT2D eigenvalue weighted by atomic mass is 14.9. The Morgan fingerprint density at radius 2 is 2.33 bits per heavy atom. The van der Waals surface area contributed by atoms with Crippen molar-refractivity contribution < 1.29 is 0 Å². The smallest absolute Gasteiger partial charge is 0.0406 e. The minimum absolute atomic E-state index is 0.728. The van der Waals surface area contributed by atoms with E-state index in [9.17, 15) is 0 Å². The SMILES string of the molecule is CC(CCNC1CC1)Cc1ccccn1. The fourth-order valence-electron chi connectivity index (χ4n) is 1.80. The Labute approximate surface area is 92.1 Å². The summed E-state index contributed by atoms with van der Waals surface area (Å²) in [5.41, 5.74) is 1.22. The van der Waals surface area contributed by atoms with Crippen LogP contribution >= 0.6 is 0 Å². The van der Waals surface area contributed by atoms with Crippen LogP contribution in [0.1, 0.15) is 31.9 Å². The first kappa shape index (κ1) is 10.6. The predicted octanol–water partition coefficient (Wildman–Crippen LogP) is 2.40. The van der Waals surface area contributed by atoms with Crippen molar-refractivity contribution in [3.05, 3.63) is 30.1 Å². The van der Waals surface area contributed by atoms with Gasteiger partial charge in [0.05, 0.1) is 0 Å². The van der Waals surface area contributed by atoms with Crippen LogP contribution in [-0.4, -0.2) is 17.6 Å². The van der Waals surface area contributed by atoms with E-state index in [1.807, 2.05) is 12.3 Å². The van der Waals surface area contributed by atoms with Crippen molar-refractivity contribution in [2.24, 2.45) is 5.92 Å². The minimum Gasteiger partial charge on any atom is -0.314 e. The molecule has 1 N–H and O–H groups in total. The number of hydrogen-bond acceptors (Lipinski definition) is 2. The van der Waals surface area contributed by atoms with Gasteiger partial charge in [0.2, 0.25) is 0 Å². The second kappa shape index (κ2) is 5.26. The van der Waals surface area contributed by atoms with Crippen molar-refractivity contribution in [1.29, 1.82) is 0 Å². The Bertz CT molecular complexity index is 280. The van der Waals surface area contributed by atoms with Crippen LogP contribution in [0.15, 0.2) is 24.4 Å². The molecule has 15 heavy (non-hydrogen) atoms. The monoisotopic (exact) mass is 204 g/mol. The molecule has 1 aromatic rings. The van der Waals surface area contributed by atoms with E-state index in [4.69, 9.17) is 0 Å². The summed E-state index contributed by atoms with van der Waals surface area (Å²) < 4.78 is 0. The van der Waals surface area contributed by atoms with Gasteiger partial charge in [-0.1, -0.05) is 13.0 Å². The first-order valence-electron chi connectivity index (χ1n) is 5.98. The summed E-state index contributed by atoms with van der Waals surface area (Å²) in [5, 5.41) is 3.55. The highest BCUT2D eigenvalue weighted by Gasteiger charge is 2.19. The van der Waals surface area contributed by atoms with E-state index in [1.165, 1.54) is 31.5 Å². The van der Waals surface area contributed by atoms with Gasteiger partial charge < -0.3 is 5.32 Å². The van der Waals surface area contributed by atoms with Crippen molar-refractivity contribution in [2.45, 2.75) is 38.6 Å². The molecule has 0 aliphatic heterocycles. The average molecular weight is 204 g/mol. The van der Waals surface area contributed by atoms with Gasteiger partial charge in [0.25, 0.3) is 0 Å². The summed E-state index contributed by atoms with van der Waals surface area (Å²) in [4.78, 5) is 4.35. The van der Waals surface area contributed by atoms with Crippen LogP contribution in [-0.2, 0) is 6.42 Å². The second-order valence-electron chi connectivity index (χ2n) is 4.65. The number of nitrogens with zero attached hydrogens (tertiary/aromatic N) is 1. The van der Waals surface area contributed by atoms with Crippen molar-refractivity contribution in [1.82, 2.24) is 10.3 Å². The van der Waals surface area contributed by atoms with Gasteiger partial charge >= 0.3 is 0 Å². The maximum absolute atomic E-state index is 4.35. The van der Waals surface area contributed by atoms with Crippen molar-refractivity contribution >= 4 is 0 Å². The molecule has 1 aliphatic rings. The fraction of sp³-hybridized carbons (Fsp3) is 0.615. The highest BCUT2D eigenvalue weighted by Crippen LogP contribution is 2.19. The zero-order valence-corrected chi connectivity index (χ0v) is 9.45. The zero-order valence-electron chi connectivity index (χ0n) is 9.45. The number of hydrogen-bond donors (Lipinski definition) is 1. The molecular formula is C13H20N2. The first-order chi connectivity index (χ1) is 7.34. The molecule has 0 radical (unpaired) electrons. The quantitative estimate of drug-likeness (QED) is 0.769. The summed E-state index contributed by atoms with van der Waals surface area (Å²) in [6.07, 6.45) is 7.01. The zero-order chi connectivity index (χ0) is 10.5. The third kappa shape index (κ3) is 4.00. The van der Waals surface area contributed by atoms with Gasteiger partial charge in [0, 0.05) is 17.9 Å². The van der Waals surface area contributed by atoms with Crippen LogP contribution in [0.25, 0.3) is 0 Å². The Morgan fingerprint density at radius 3 is 3.00 bits per heavy atom. The lowest BCUT2D eigenvalue weighted by molar-refractivity contribution is 0.493. The minimum atomic E-state index is 0.728. The van der Waals surface area contributed by atoms with Crippen LogP contribution in [0.5, 0.6) is 0 Å². The van der Waals surface area contributed by atoms with E-state index in [1.54, 1.807) is 0 Å². The molecule has 2 heteroatoms. The molecule has 0 saturated heterocycles. The van der Waals surface area contributed by atoms with Gasteiger partial charge in [-0.15, -0.1) is 0 Å². The molecule has 1 saturated carbocycles. The van der Waals surface area contributed by atoms with E-state index in [0.717, 1.165) is 18.4 Å². The van der Waals surface area contributed by atoms with E-state index in [2.05, 4.69) is 29.4 Å². The van der Waals surface area contributed by atoms with E-state index >= 15 is 0 Å². The van der Waals surface area contributed by atoms with Gasteiger partial charge in [0.15, 0.2) is 0 Å². The molecule has 0 aromatic carbocycles. The summed E-state index contributed by atoms with van der Waals surface area (Å²) >= 11 is 0. The molecule has 1 aliphatic carbocycles. The molecule has 0 amide bonds. The molecule has 1 unspecified atom stereocenters. The lowest BCUT2D eigenvalue weighted by Gasteiger charge is -2.11. The highest BCUT2D eigenvalue weighted by molar-refractivity contribution is 5.04. The normalized spacial score (nSPS) is 17.7. The standard InChI is InChI=1S/C13H20N2/c1-11(7-9-15-12-5-6-12)10-13-4-2-3-8-14-13/h2-4,8,11-12,15H,5-7,9-10H2,1H3. The Hall–Kier alpha value is -0.890. The lowest BCUT2D eigenvalue weighted by atomic mass is 10.0. The maximum atomic E-state index is 4.35. The number of pyridine rings is 1. The van der Waals surface area contributed by atoms with E-state index in [-0.39, 0.29) is 0 Å². The fourth-order valence-corrected chi connectivity index (χ4v) is 1.80.